The summed E-state index contributed by atoms with van der Waals surface area (Å²) >= 11 is 0. The molecule has 2 N–H and O–H groups in total. The average Bonchev–Trinajstić information content (AvgIpc) is 2.89. The Bertz CT molecular complexity index is 637. The summed E-state index contributed by atoms with van der Waals surface area (Å²) in [6.45, 7) is 2.09. The monoisotopic (exact) mass is 289 g/mol. The van der Waals surface area contributed by atoms with Gasteiger partial charge < -0.3 is 5.32 Å². The van der Waals surface area contributed by atoms with Crippen molar-refractivity contribution in [3.8, 4) is 0 Å². The van der Waals surface area contributed by atoms with E-state index in [9.17, 15) is 9.18 Å². The van der Waals surface area contributed by atoms with E-state index in [-0.39, 0.29) is 18.1 Å². The highest BCUT2D eigenvalue weighted by molar-refractivity contribution is 5.79. The average molecular weight is 289 g/mol. The molecule has 2 aromatic rings. The molecule has 1 amide bonds. The van der Waals surface area contributed by atoms with Gasteiger partial charge in [0, 0.05) is 5.56 Å². The van der Waals surface area contributed by atoms with Gasteiger partial charge in [0.25, 0.3) is 0 Å². The Morgan fingerprint density at radius 3 is 2.86 bits per heavy atom. The minimum Gasteiger partial charge on any atom is -0.346 e. The van der Waals surface area contributed by atoms with E-state index in [0.717, 1.165) is 12.8 Å². The molecule has 1 fully saturated rings. The lowest BCUT2D eigenvalue weighted by atomic mass is 9.65. The van der Waals surface area contributed by atoms with Crippen LogP contribution in [-0.4, -0.2) is 26.5 Å². The van der Waals surface area contributed by atoms with Crippen LogP contribution in [0.3, 0.4) is 0 Å². The Morgan fingerprint density at radius 2 is 2.24 bits per heavy atom. The first-order valence-electron chi connectivity index (χ1n) is 6.87. The molecule has 1 saturated carbocycles. The van der Waals surface area contributed by atoms with Gasteiger partial charge in [-0.05, 0) is 24.8 Å². The first-order chi connectivity index (χ1) is 10.1. The second-order valence-electron chi connectivity index (χ2n) is 5.63. The van der Waals surface area contributed by atoms with Crippen molar-refractivity contribution in [1.82, 2.24) is 25.9 Å². The number of nitrogens with zero attached hydrogens (tertiary/aromatic N) is 3. The molecule has 0 unspecified atom stereocenters. The van der Waals surface area contributed by atoms with Crippen LogP contribution in [0.5, 0.6) is 0 Å². The van der Waals surface area contributed by atoms with Crippen LogP contribution in [0.2, 0.25) is 0 Å². The summed E-state index contributed by atoms with van der Waals surface area (Å²) in [5.41, 5.74) is -0.0736. The fraction of sp³-hybridized carbons (Fsp3) is 0.429. The third-order valence-corrected chi connectivity index (χ3v) is 3.87. The Kier molecular flexibility index (Phi) is 3.40. The number of aromatic nitrogens is 4. The molecule has 0 bridgehead atoms. The second-order valence-corrected chi connectivity index (χ2v) is 5.63. The molecule has 3 rings (SSSR count). The zero-order valence-corrected chi connectivity index (χ0v) is 11.6. The lowest BCUT2D eigenvalue weighted by Crippen LogP contribution is -2.55. The largest absolute Gasteiger partial charge is 0.346 e. The third kappa shape index (κ3) is 2.63. The normalized spacial score (nSPS) is 24.4. The minimum atomic E-state index is -0.619. The number of aromatic amines is 1. The van der Waals surface area contributed by atoms with Crippen molar-refractivity contribution < 1.29 is 9.18 Å². The van der Waals surface area contributed by atoms with E-state index in [2.05, 4.69) is 32.9 Å². The summed E-state index contributed by atoms with van der Waals surface area (Å²) in [6, 6.07) is 6.59. The predicted octanol–water partition coefficient (Wildman–Crippen LogP) is 1.32. The van der Waals surface area contributed by atoms with Crippen molar-refractivity contribution in [2.24, 2.45) is 5.92 Å². The van der Waals surface area contributed by atoms with Crippen LogP contribution in [0.15, 0.2) is 24.3 Å². The molecule has 110 valence electrons. The number of amides is 1. The molecule has 1 heterocycles. The third-order valence-electron chi connectivity index (χ3n) is 3.87. The van der Waals surface area contributed by atoms with Crippen molar-refractivity contribution >= 4 is 5.91 Å². The molecule has 0 aliphatic heterocycles. The van der Waals surface area contributed by atoms with Gasteiger partial charge in [0.2, 0.25) is 5.91 Å². The first-order valence-corrected chi connectivity index (χ1v) is 6.87. The van der Waals surface area contributed by atoms with Crippen LogP contribution in [0.4, 0.5) is 4.39 Å². The van der Waals surface area contributed by atoms with Gasteiger partial charge in [0.1, 0.15) is 5.82 Å². The van der Waals surface area contributed by atoms with Gasteiger partial charge in [-0.3, -0.25) is 4.79 Å². The van der Waals surface area contributed by atoms with E-state index in [1.54, 1.807) is 18.2 Å². The van der Waals surface area contributed by atoms with Gasteiger partial charge >= 0.3 is 0 Å². The molecule has 0 atom stereocenters. The van der Waals surface area contributed by atoms with Gasteiger partial charge in [-0.25, -0.2) is 4.39 Å². The molecule has 0 spiro atoms. The Morgan fingerprint density at radius 1 is 1.48 bits per heavy atom. The fourth-order valence-electron chi connectivity index (χ4n) is 3.08. The van der Waals surface area contributed by atoms with Crippen molar-refractivity contribution in [3.63, 3.8) is 0 Å². The molecule has 21 heavy (non-hydrogen) atoms. The molecule has 0 saturated heterocycles. The van der Waals surface area contributed by atoms with Gasteiger partial charge in [-0.2, -0.15) is 5.21 Å². The maximum absolute atomic E-state index is 14.1. The minimum absolute atomic E-state index is 0.0289. The smallest absolute Gasteiger partial charge is 0.228 e. The van der Waals surface area contributed by atoms with E-state index in [0.29, 0.717) is 17.3 Å². The number of hydrogen-bond acceptors (Lipinski definition) is 4. The molecule has 6 nitrogen and oxygen atoms in total. The number of benzene rings is 1. The zero-order chi connectivity index (χ0) is 14.9. The highest BCUT2D eigenvalue weighted by Crippen LogP contribution is 2.46. The number of nitrogens with one attached hydrogen (secondary N) is 2. The highest BCUT2D eigenvalue weighted by atomic mass is 19.1. The Labute approximate surface area is 121 Å². The highest BCUT2D eigenvalue weighted by Gasteiger charge is 2.46. The molecular weight excluding hydrogens is 273 g/mol. The van der Waals surface area contributed by atoms with Crippen LogP contribution in [0, 0.1) is 11.7 Å². The summed E-state index contributed by atoms with van der Waals surface area (Å²) in [7, 11) is 0. The SMILES string of the molecule is CC1CC(NC(=O)Cc2nn[nH]n2)(c2ccccc2F)C1. The van der Waals surface area contributed by atoms with Gasteiger partial charge in [-0.15, -0.1) is 10.2 Å². The summed E-state index contributed by atoms with van der Waals surface area (Å²) in [4.78, 5) is 12.2. The summed E-state index contributed by atoms with van der Waals surface area (Å²) < 4.78 is 14.1. The molecule has 1 aromatic carbocycles. The zero-order valence-electron chi connectivity index (χ0n) is 11.6. The lowest BCUT2D eigenvalue weighted by molar-refractivity contribution is -0.124. The van der Waals surface area contributed by atoms with E-state index >= 15 is 0 Å². The van der Waals surface area contributed by atoms with Crippen molar-refractivity contribution in [2.45, 2.75) is 31.7 Å². The van der Waals surface area contributed by atoms with Gasteiger partial charge in [-0.1, -0.05) is 30.3 Å². The van der Waals surface area contributed by atoms with Crippen molar-refractivity contribution in [1.29, 1.82) is 0 Å². The summed E-state index contributed by atoms with van der Waals surface area (Å²) in [5.74, 6) is 0.259. The maximum Gasteiger partial charge on any atom is 0.228 e. The number of halogens is 1. The predicted molar refractivity (Wildman–Crippen MR) is 72.5 cm³/mol. The molecule has 7 heteroatoms. The number of H-pyrrole nitrogens is 1. The standard InChI is InChI=1S/C14H16FN5O/c1-9-7-14(8-9,10-4-2-3-5-11(10)15)16-13(21)6-12-17-19-20-18-12/h2-5,9H,6-8H2,1H3,(H,16,21)(H,17,18,19,20). The van der Waals surface area contributed by atoms with Gasteiger partial charge in [0.15, 0.2) is 5.82 Å². The number of hydrogen-bond donors (Lipinski definition) is 2. The Hall–Kier alpha value is -2.31. The topological polar surface area (TPSA) is 83.6 Å². The number of carbonyl (C=O) groups is 1. The lowest BCUT2D eigenvalue weighted by Gasteiger charge is -2.47. The number of rotatable bonds is 4. The fourth-order valence-corrected chi connectivity index (χ4v) is 3.08. The molecule has 1 aliphatic carbocycles. The van der Waals surface area contributed by atoms with Crippen molar-refractivity contribution in [3.05, 3.63) is 41.5 Å². The summed E-state index contributed by atoms with van der Waals surface area (Å²) in [6.07, 6.45) is 1.49. The van der Waals surface area contributed by atoms with Crippen LogP contribution in [0.1, 0.15) is 31.2 Å². The number of carbonyl (C=O) groups excluding carboxylic acids is 1. The molecular formula is C14H16FN5O. The Balaban J connectivity index is 1.79. The molecule has 0 radical (unpaired) electrons. The first kappa shape index (κ1) is 13.7. The summed E-state index contributed by atoms with van der Waals surface area (Å²) in [5, 5.41) is 16.2. The van der Waals surface area contributed by atoms with E-state index in [1.807, 2.05) is 0 Å². The van der Waals surface area contributed by atoms with E-state index in [1.165, 1.54) is 6.07 Å². The van der Waals surface area contributed by atoms with Crippen molar-refractivity contribution in [2.75, 3.05) is 0 Å². The quantitative estimate of drug-likeness (QED) is 0.889. The van der Waals surface area contributed by atoms with Gasteiger partial charge in [0.05, 0.1) is 12.0 Å². The van der Waals surface area contributed by atoms with Crippen LogP contribution in [-0.2, 0) is 16.8 Å². The van der Waals surface area contributed by atoms with Crippen LogP contribution >= 0.6 is 0 Å². The van der Waals surface area contributed by atoms with E-state index in [4.69, 9.17) is 0 Å². The van der Waals surface area contributed by atoms with Crippen LogP contribution < -0.4 is 5.32 Å². The molecule has 1 aromatic heterocycles. The van der Waals surface area contributed by atoms with Crippen LogP contribution in [0.25, 0.3) is 0 Å². The number of tetrazole rings is 1. The second kappa shape index (κ2) is 5.23. The molecule has 1 aliphatic rings. The maximum atomic E-state index is 14.1. The van der Waals surface area contributed by atoms with E-state index < -0.39 is 5.54 Å².